The van der Waals surface area contributed by atoms with Crippen LogP contribution in [0.1, 0.15) is 0 Å². The van der Waals surface area contributed by atoms with E-state index in [4.69, 9.17) is 5.26 Å². The fraction of sp³-hybridized carbons (Fsp3) is 0.0909. The maximum atomic E-state index is 8.66. The summed E-state index contributed by atoms with van der Waals surface area (Å²) in [6.45, 7) is 0. The molecule has 16 heavy (non-hydrogen) atoms. The molecular weight excluding hydrogens is 202 g/mol. The van der Waals surface area contributed by atoms with Gasteiger partial charge in [0.25, 0.3) is 0 Å². The van der Waals surface area contributed by atoms with Crippen molar-refractivity contribution in [1.82, 2.24) is 15.0 Å². The molecule has 2 aromatic heterocycles. The quantitative estimate of drug-likeness (QED) is 0.555. The van der Waals surface area contributed by atoms with Gasteiger partial charge in [-0.25, -0.2) is 9.97 Å². The second-order valence-electron chi connectivity index (χ2n) is 3.17. The van der Waals surface area contributed by atoms with Crippen molar-refractivity contribution in [3.05, 3.63) is 36.9 Å². The Morgan fingerprint density at radius 2 is 1.75 bits per heavy atom. The molecule has 0 bridgehead atoms. The highest BCUT2D eigenvalue weighted by atomic mass is 15.2. The van der Waals surface area contributed by atoms with Crippen molar-refractivity contribution >= 4 is 5.95 Å². The minimum absolute atomic E-state index is 0.389. The molecule has 0 atom stereocenters. The number of anilines is 1. The molecule has 0 saturated heterocycles. The molecule has 0 N–H and O–H groups in total. The highest BCUT2D eigenvalue weighted by Gasteiger charge is 2.03. The Bertz CT molecular complexity index is 500. The van der Waals surface area contributed by atoms with E-state index in [0.29, 0.717) is 5.95 Å². The maximum Gasteiger partial charge on any atom is 0.238 e. The highest BCUT2D eigenvalue weighted by Crippen LogP contribution is 2.16. The number of nitriles is 1. The third kappa shape index (κ3) is 1.96. The molecular formula is C11H9N5. The first kappa shape index (κ1) is 10.1. The summed E-state index contributed by atoms with van der Waals surface area (Å²) in [6.07, 6.45) is 8.74. The average Bonchev–Trinajstić information content (AvgIpc) is 2.39. The molecule has 5 heteroatoms. The van der Waals surface area contributed by atoms with Gasteiger partial charge in [-0.3, -0.25) is 9.88 Å². The van der Waals surface area contributed by atoms with Crippen LogP contribution in [-0.4, -0.2) is 22.0 Å². The molecule has 0 aliphatic carbocycles. The van der Waals surface area contributed by atoms with Crippen LogP contribution < -0.4 is 4.90 Å². The van der Waals surface area contributed by atoms with Crippen LogP contribution in [-0.2, 0) is 0 Å². The molecule has 5 nitrogen and oxygen atoms in total. The normalized spacial score (nSPS) is 9.50. The van der Waals surface area contributed by atoms with Gasteiger partial charge < -0.3 is 0 Å². The summed E-state index contributed by atoms with van der Waals surface area (Å²) in [4.78, 5) is 13.4. The minimum Gasteiger partial charge on any atom is -0.265 e. The lowest BCUT2D eigenvalue weighted by atomic mass is 10.1. The average molecular weight is 211 g/mol. The van der Waals surface area contributed by atoms with Gasteiger partial charge >= 0.3 is 0 Å². The summed E-state index contributed by atoms with van der Waals surface area (Å²) in [5.41, 5.74) is 1.90. The van der Waals surface area contributed by atoms with E-state index in [9.17, 15) is 0 Å². The first-order valence-corrected chi connectivity index (χ1v) is 4.67. The first-order valence-electron chi connectivity index (χ1n) is 4.67. The molecule has 2 aromatic rings. The second kappa shape index (κ2) is 4.36. The Balaban J connectivity index is 2.31. The number of hydrogen-bond acceptors (Lipinski definition) is 5. The smallest absolute Gasteiger partial charge is 0.238 e. The van der Waals surface area contributed by atoms with E-state index >= 15 is 0 Å². The van der Waals surface area contributed by atoms with E-state index in [1.807, 2.05) is 18.3 Å². The molecule has 0 amide bonds. The maximum absolute atomic E-state index is 8.66. The zero-order chi connectivity index (χ0) is 11.4. The van der Waals surface area contributed by atoms with Gasteiger partial charge in [0.2, 0.25) is 5.95 Å². The molecule has 0 radical (unpaired) electrons. The third-order valence-corrected chi connectivity index (χ3v) is 2.10. The second-order valence-corrected chi connectivity index (χ2v) is 3.17. The summed E-state index contributed by atoms with van der Waals surface area (Å²) in [6, 6.07) is 3.76. The van der Waals surface area contributed by atoms with Gasteiger partial charge in [0, 0.05) is 37.4 Å². The van der Waals surface area contributed by atoms with Gasteiger partial charge in [0.15, 0.2) is 6.19 Å². The number of rotatable bonds is 2. The Hall–Kier alpha value is -2.48. The van der Waals surface area contributed by atoms with E-state index in [2.05, 4.69) is 15.0 Å². The van der Waals surface area contributed by atoms with Crippen molar-refractivity contribution in [3.63, 3.8) is 0 Å². The van der Waals surface area contributed by atoms with Crippen LogP contribution in [0.15, 0.2) is 36.9 Å². The van der Waals surface area contributed by atoms with Crippen LogP contribution >= 0.6 is 0 Å². The first-order chi connectivity index (χ1) is 7.81. The van der Waals surface area contributed by atoms with E-state index in [1.165, 1.54) is 4.90 Å². The number of hydrogen-bond donors (Lipinski definition) is 0. The van der Waals surface area contributed by atoms with E-state index in [1.54, 1.807) is 31.8 Å². The Morgan fingerprint density at radius 1 is 1.12 bits per heavy atom. The Kier molecular flexibility index (Phi) is 2.74. The van der Waals surface area contributed by atoms with Gasteiger partial charge in [-0.05, 0) is 17.7 Å². The molecule has 0 fully saturated rings. The summed E-state index contributed by atoms with van der Waals surface area (Å²) in [5.74, 6) is 0.389. The van der Waals surface area contributed by atoms with Crippen LogP contribution in [0.5, 0.6) is 0 Å². The molecule has 2 heterocycles. The van der Waals surface area contributed by atoms with E-state index in [0.717, 1.165) is 11.1 Å². The number of nitrogens with zero attached hydrogens (tertiary/aromatic N) is 5. The minimum atomic E-state index is 0.389. The predicted molar refractivity (Wildman–Crippen MR) is 59.3 cm³/mol. The SMILES string of the molecule is CN(C#N)c1ncc(-c2ccncc2)cn1. The molecule has 0 saturated carbocycles. The highest BCUT2D eigenvalue weighted by molar-refractivity contribution is 5.61. The van der Waals surface area contributed by atoms with Crippen LogP contribution in [0.2, 0.25) is 0 Å². The summed E-state index contributed by atoms with van der Waals surface area (Å²) >= 11 is 0. The molecule has 0 spiro atoms. The van der Waals surface area contributed by atoms with Crippen LogP contribution in [0, 0.1) is 11.5 Å². The van der Waals surface area contributed by atoms with Crippen molar-refractivity contribution in [2.24, 2.45) is 0 Å². The summed E-state index contributed by atoms with van der Waals surface area (Å²) < 4.78 is 0. The summed E-state index contributed by atoms with van der Waals surface area (Å²) in [7, 11) is 1.61. The summed E-state index contributed by atoms with van der Waals surface area (Å²) in [5, 5.41) is 8.66. The van der Waals surface area contributed by atoms with Crippen molar-refractivity contribution in [2.45, 2.75) is 0 Å². The standard InChI is InChI=1S/C11H9N5/c1-16(8-12)11-14-6-10(7-15-11)9-2-4-13-5-3-9/h2-7H,1H3. The fourth-order valence-corrected chi connectivity index (χ4v) is 1.23. The molecule has 0 aromatic carbocycles. The van der Waals surface area contributed by atoms with Crippen molar-refractivity contribution < 1.29 is 0 Å². The third-order valence-electron chi connectivity index (χ3n) is 2.10. The topological polar surface area (TPSA) is 65.7 Å². The van der Waals surface area contributed by atoms with Crippen LogP contribution in [0.3, 0.4) is 0 Å². The molecule has 0 aliphatic heterocycles. The fourth-order valence-electron chi connectivity index (χ4n) is 1.23. The number of aromatic nitrogens is 3. The lowest BCUT2D eigenvalue weighted by Crippen LogP contribution is -2.11. The lowest BCUT2D eigenvalue weighted by molar-refractivity contribution is 1.04. The van der Waals surface area contributed by atoms with E-state index < -0.39 is 0 Å². The molecule has 78 valence electrons. The number of pyridine rings is 1. The zero-order valence-corrected chi connectivity index (χ0v) is 8.70. The zero-order valence-electron chi connectivity index (χ0n) is 8.70. The molecule has 0 aliphatic rings. The van der Waals surface area contributed by atoms with Crippen LogP contribution in [0.4, 0.5) is 5.95 Å². The van der Waals surface area contributed by atoms with Gasteiger partial charge in [-0.15, -0.1) is 0 Å². The monoisotopic (exact) mass is 211 g/mol. The van der Waals surface area contributed by atoms with E-state index in [-0.39, 0.29) is 0 Å². The molecule has 2 rings (SSSR count). The van der Waals surface area contributed by atoms with Crippen molar-refractivity contribution in [2.75, 3.05) is 11.9 Å². The molecule has 0 unspecified atom stereocenters. The Morgan fingerprint density at radius 3 is 2.31 bits per heavy atom. The predicted octanol–water partition coefficient (Wildman–Crippen LogP) is 1.46. The van der Waals surface area contributed by atoms with Crippen molar-refractivity contribution in [1.29, 1.82) is 5.26 Å². The van der Waals surface area contributed by atoms with Gasteiger partial charge in [0.05, 0.1) is 0 Å². The Labute approximate surface area is 93.0 Å². The van der Waals surface area contributed by atoms with Crippen LogP contribution in [0.25, 0.3) is 11.1 Å². The largest absolute Gasteiger partial charge is 0.265 e. The van der Waals surface area contributed by atoms with Gasteiger partial charge in [0.1, 0.15) is 0 Å². The van der Waals surface area contributed by atoms with Gasteiger partial charge in [-0.1, -0.05) is 0 Å². The van der Waals surface area contributed by atoms with Gasteiger partial charge in [-0.2, -0.15) is 5.26 Å². The lowest BCUT2D eigenvalue weighted by Gasteiger charge is -2.06. The van der Waals surface area contributed by atoms with Crippen molar-refractivity contribution in [3.8, 4) is 17.3 Å².